The minimum atomic E-state index is -1.19. The zero-order valence-corrected chi connectivity index (χ0v) is 15.2. The van der Waals surface area contributed by atoms with Crippen molar-refractivity contribution in [2.24, 2.45) is 7.05 Å². The van der Waals surface area contributed by atoms with Crippen molar-refractivity contribution in [1.82, 2.24) is 9.78 Å². The van der Waals surface area contributed by atoms with Gasteiger partial charge in [-0.3, -0.25) is 9.48 Å². The molecular weight excluding hydrogens is 406 g/mol. The number of carbonyl (C=O) groups is 2. The number of nitrogens with zero attached hydrogens (tertiary/aromatic N) is 2. The van der Waals surface area contributed by atoms with Gasteiger partial charge < -0.3 is 19.6 Å². The molecule has 0 aliphatic rings. The first-order valence-electron chi connectivity index (χ1n) is 7.48. The summed E-state index contributed by atoms with van der Waals surface area (Å²) >= 11 is 3.38. The molecule has 9 heteroatoms. The van der Waals surface area contributed by atoms with Gasteiger partial charge in [0, 0.05) is 7.05 Å². The molecule has 2 aromatic heterocycles. The highest BCUT2D eigenvalue weighted by atomic mass is 79.9. The van der Waals surface area contributed by atoms with Crippen molar-refractivity contribution in [2.75, 3.05) is 5.32 Å². The number of aryl methyl sites for hydroxylation is 1. The Morgan fingerprint density at radius 3 is 2.81 bits per heavy atom. The second kappa shape index (κ2) is 7.44. The van der Waals surface area contributed by atoms with Crippen LogP contribution in [0.5, 0.6) is 5.75 Å². The van der Waals surface area contributed by atoms with Gasteiger partial charge in [0.1, 0.15) is 18.1 Å². The van der Waals surface area contributed by atoms with Crippen LogP contribution in [-0.2, 0) is 13.7 Å². The molecule has 0 aliphatic heterocycles. The molecule has 0 bridgehead atoms. The molecule has 0 spiro atoms. The Hall–Kier alpha value is -3.07. The number of halogens is 1. The van der Waals surface area contributed by atoms with Gasteiger partial charge in [0.2, 0.25) is 0 Å². The van der Waals surface area contributed by atoms with E-state index in [1.807, 2.05) is 18.2 Å². The average molecular weight is 420 g/mol. The molecule has 3 aromatic rings. The maximum Gasteiger partial charge on any atom is 0.356 e. The molecule has 0 unspecified atom stereocenters. The quantitative estimate of drug-likeness (QED) is 0.634. The van der Waals surface area contributed by atoms with Crippen molar-refractivity contribution in [3.8, 4) is 5.75 Å². The summed E-state index contributed by atoms with van der Waals surface area (Å²) in [6.07, 6.45) is 1.27. The molecule has 3 rings (SSSR count). The van der Waals surface area contributed by atoms with Gasteiger partial charge in [-0.2, -0.15) is 5.10 Å². The summed E-state index contributed by atoms with van der Waals surface area (Å²) in [4.78, 5) is 23.5. The lowest BCUT2D eigenvalue weighted by molar-refractivity contribution is 0.0686. The summed E-state index contributed by atoms with van der Waals surface area (Å²) in [5.74, 6) is -0.627. The molecule has 1 aromatic carbocycles. The van der Waals surface area contributed by atoms with E-state index in [-0.39, 0.29) is 23.7 Å². The minimum Gasteiger partial charge on any atom is -0.484 e. The number of hydrogen-bond acceptors (Lipinski definition) is 5. The van der Waals surface area contributed by atoms with Gasteiger partial charge >= 0.3 is 5.97 Å². The number of aromatic nitrogens is 2. The third kappa shape index (κ3) is 3.77. The number of carboxylic acids is 1. The summed E-state index contributed by atoms with van der Waals surface area (Å²) in [6.45, 7) is 0.142. The monoisotopic (exact) mass is 419 g/mol. The van der Waals surface area contributed by atoms with Crippen molar-refractivity contribution in [3.63, 3.8) is 0 Å². The van der Waals surface area contributed by atoms with E-state index in [4.69, 9.17) is 14.3 Å². The van der Waals surface area contributed by atoms with Crippen molar-refractivity contribution in [1.29, 1.82) is 0 Å². The molecule has 0 aliphatic carbocycles. The number of furan rings is 1. The van der Waals surface area contributed by atoms with Crippen LogP contribution in [0.2, 0.25) is 0 Å². The molecule has 0 saturated heterocycles. The van der Waals surface area contributed by atoms with E-state index in [0.717, 1.165) is 9.15 Å². The van der Waals surface area contributed by atoms with Gasteiger partial charge in [-0.15, -0.1) is 0 Å². The summed E-state index contributed by atoms with van der Waals surface area (Å²) in [7, 11) is 1.48. The van der Waals surface area contributed by atoms with Crippen LogP contribution >= 0.6 is 15.9 Å². The van der Waals surface area contributed by atoms with E-state index in [2.05, 4.69) is 26.3 Å². The highest BCUT2D eigenvalue weighted by Crippen LogP contribution is 2.25. The molecule has 134 valence electrons. The second-order valence-corrected chi connectivity index (χ2v) is 6.13. The summed E-state index contributed by atoms with van der Waals surface area (Å²) in [5.41, 5.74) is -0.0326. The largest absolute Gasteiger partial charge is 0.484 e. The Balaban J connectivity index is 1.67. The lowest BCUT2D eigenvalue weighted by atomic mass is 10.3. The van der Waals surface area contributed by atoms with Gasteiger partial charge in [-0.1, -0.05) is 12.1 Å². The number of ether oxygens (including phenoxy) is 1. The van der Waals surface area contributed by atoms with E-state index in [0.29, 0.717) is 11.5 Å². The summed E-state index contributed by atoms with van der Waals surface area (Å²) in [5, 5.41) is 15.5. The predicted octanol–water partition coefficient (Wildman–Crippen LogP) is 3.31. The van der Waals surface area contributed by atoms with Crippen molar-refractivity contribution < 1.29 is 23.8 Å². The molecular formula is C17H14BrN3O5. The molecule has 0 atom stereocenters. The molecule has 0 saturated carbocycles. The molecule has 0 fully saturated rings. The summed E-state index contributed by atoms with van der Waals surface area (Å²) < 4.78 is 13.1. The Bertz CT molecular complexity index is 963. The van der Waals surface area contributed by atoms with Crippen molar-refractivity contribution in [2.45, 2.75) is 6.61 Å². The smallest absolute Gasteiger partial charge is 0.356 e. The average Bonchev–Trinajstić information content (AvgIpc) is 3.21. The number of carboxylic acid groups (broad SMARTS) is 1. The number of nitrogens with one attached hydrogen (secondary N) is 1. The Kier molecular flexibility index (Phi) is 5.08. The fourth-order valence-electron chi connectivity index (χ4n) is 2.25. The van der Waals surface area contributed by atoms with E-state index in [1.165, 1.54) is 19.3 Å². The highest BCUT2D eigenvalue weighted by molar-refractivity contribution is 9.10. The summed E-state index contributed by atoms with van der Waals surface area (Å²) in [6, 6.07) is 10.5. The lowest BCUT2D eigenvalue weighted by Gasteiger charge is -2.06. The fraction of sp³-hybridized carbons (Fsp3) is 0.118. The first-order valence-corrected chi connectivity index (χ1v) is 8.27. The first kappa shape index (κ1) is 17.7. The normalized spacial score (nSPS) is 10.5. The van der Waals surface area contributed by atoms with Crippen LogP contribution < -0.4 is 10.1 Å². The maximum atomic E-state index is 12.3. The Morgan fingerprint density at radius 2 is 2.08 bits per heavy atom. The lowest BCUT2D eigenvalue weighted by Crippen LogP contribution is -2.15. The standard InChI is InChI=1S/C17H14BrN3O5/c1-21-15(17(23)24)12(8-19-21)20-16(22)14-7-6-10(26-14)9-25-13-5-3-2-4-11(13)18/h2-8H,9H2,1H3,(H,20,22)(H,23,24). The topological polar surface area (TPSA) is 107 Å². The van der Waals surface area contributed by atoms with Gasteiger partial charge in [-0.05, 0) is 40.2 Å². The Morgan fingerprint density at radius 1 is 1.31 bits per heavy atom. The number of aromatic carboxylic acids is 1. The number of rotatable bonds is 6. The predicted molar refractivity (Wildman–Crippen MR) is 95.3 cm³/mol. The number of amides is 1. The molecule has 2 N–H and O–H groups in total. The molecule has 1 amide bonds. The molecule has 2 heterocycles. The van der Waals surface area contributed by atoms with Crippen LogP contribution in [0.3, 0.4) is 0 Å². The minimum absolute atomic E-state index is 0.0379. The van der Waals surface area contributed by atoms with E-state index < -0.39 is 11.9 Å². The maximum absolute atomic E-state index is 12.3. The van der Waals surface area contributed by atoms with Crippen LogP contribution in [0.15, 0.2) is 51.5 Å². The van der Waals surface area contributed by atoms with Crippen LogP contribution in [-0.4, -0.2) is 26.8 Å². The van der Waals surface area contributed by atoms with Gasteiger partial charge in [-0.25, -0.2) is 4.79 Å². The van der Waals surface area contributed by atoms with Crippen molar-refractivity contribution >= 4 is 33.5 Å². The van der Waals surface area contributed by atoms with E-state index in [9.17, 15) is 9.59 Å². The van der Waals surface area contributed by atoms with Gasteiger partial charge in [0.15, 0.2) is 11.5 Å². The third-order valence-electron chi connectivity index (χ3n) is 3.48. The molecule has 26 heavy (non-hydrogen) atoms. The molecule has 0 radical (unpaired) electrons. The number of carbonyl (C=O) groups excluding carboxylic acids is 1. The fourth-order valence-corrected chi connectivity index (χ4v) is 2.65. The second-order valence-electron chi connectivity index (χ2n) is 5.27. The zero-order valence-electron chi connectivity index (χ0n) is 13.6. The van der Waals surface area contributed by atoms with Gasteiger partial charge in [0.05, 0.1) is 16.4 Å². The van der Waals surface area contributed by atoms with Crippen LogP contribution in [0.25, 0.3) is 0 Å². The van der Waals surface area contributed by atoms with Gasteiger partial charge in [0.25, 0.3) is 5.91 Å². The third-order valence-corrected chi connectivity index (χ3v) is 4.14. The number of hydrogen-bond donors (Lipinski definition) is 2. The Labute approximate surface area is 156 Å². The zero-order chi connectivity index (χ0) is 18.7. The van der Waals surface area contributed by atoms with E-state index in [1.54, 1.807) is 12.1 Å². The number of benzene rings is 1. The van der Waals surface area contributed by atoms with Crippen molar-refractivity contribution in [3.05, 3.63) is 64.3 Å². The number of anilines is 1. The molecule has 8 nitrogen and oxygen atoms in total. The van der Waals surface area contributed by atoms with Crippen LogP contribution in [0.1, 0.15) is 26.8 Å². The number of para-hydroxylation sites is 1. The van der Waals surface area contributed by atoms with Crippen LogP contribution in [0.4, 0.5) is 5.69 Å². The SMILES string of the molecule is Cn1ncc(NC(=O)c2ccc(COc3ccccc3Br)o2)c1C(=O)O. The first-order chi connectivity index (χ1) is 12.5. The van der Waals surface area contributed by atoms with Crippen LogP contribution in [0, 0.1) is 0 Å². The highest BCUT2D eigenvalue weighted by Gasteiger charge is 2.20. The van der Waals surface area contributed by atoms with E-state index >= 15 is 0 Å².